The second-order valence-corrected chi connectivity index (χ2v) is 3.94. The Hall–Kier alpha value is -2.29. The maximum atomic E-state index is 11.1. The third-order valence-corrected chi connectivity index (χ3v) is 2.63. The quantitative estimate of drug-likeness (QED) is 0.608. The molecule has 2 aromatic carbocycles. The number of ether oxygens (including phenoxy) is 2. The van der Waals surface area contributed by atoms with E-state index in [0.29, 0.717) is 13.2 Å². The smallest absolute Gasteiger partial charge is 0.330 e. The van der Waals surface area contributed by atoms with Crippen LogP contribution in [-0.4, -0.2) is 19.2 Å². The zero-order valence-electron chi connectivity index (χ0n) is 10.8. The SMILES string of the molecule is CCOC(=O)/C=C/COc1cccc2ccccc12. The van der Waals surface area contributed by atoms with E-state index in [1.807, 2.05) is 42.5 Å². The Morgan fingerprint density at radius 2 is 1.95 bits per heavy atom. The molecule has 3 heteroatoms. The summed E-state index contributed by atoms with van der Waals surface area (Å²) >= 11 is 0. The van der Waals surface area contributed by atoms with Crippen LogP contribution >= 0.6 is 0 Å². The third kappa shape index (κ3) is 3.58. The van der Waals surface area contributed by atoms with Crippen LogP contribution in [0.3, 0.4) is 0 Å². The minimum atomic E-state index is -0.344. The van der Waals surface area contributed by atoms with E-state index >= 15 is 0 Å². The summed E-state index contributed by atoms with van der Waals surface area (Å²) in [7, 11) is 0. The van der Waals surface area contributed by atoms with Gasteiger partial charge in [-0.15, -0.1) is 0 Å². The molecule has 0 unspecified atom stereocenters. The van der Waals surface area contributed by atoms with Crippen molar-refractivity contribution in [1.82, 2.24) is 0 Å². The van der Waals surface area contributed by atoms with E-state index in [9.17, 15) is 4.79 Å². The molecule has 0 amide bonds. The average molecular weight is 256 g/mol. The topological polar surface area (TPSA) is 35.5 Å². The van der Waals surface area contributed by atoms with Crippen molar-refractivity contribution in [3.05, 3.63) is 54.6 Å². The molecule has 0 fully saturated rings. The fourth-order valence-corrected chi connectivity index (χ4v) is 1.79. The highest BCUT2D eigenvalue weighted by Crippen LogP contribution is 2.24. The van der Waals surface area contributed by atoms with Gasteiger partial charge in [-0.05, 0) is 24.5 Å². The first-order chi connectivity index (χ1) is 9.31. The third-order valence-electron chi connectivity index (χ3n) is 2.63. The van der Waals surface area contributed by atoms with Gasteiger partial charge in [-0.3, -0.25) is 0 Å². The zero-order chi connectivity index (χ0) is 13.5. The van der Waals surface area contributed by atoms with E-state index in [-0.39, 0.29) is 5.97 Å². The molecule has 0 aromatic heterocycles. The van der Waals surface area contributed by atoms with Crippen molar-refractivity contribution in [1.29, 1.82) is 0 Å². The Balaban J connectivity index is 2.00. The number of hydrogen-bond acceptors (Lipinski definition) is 3. The van der Waals surface area contributed by atoms with Crippen molar-refractivity contribution in [2.45, 2.75) is 6.92 Å². The molecule has 0 aliphatic rings. The van der Waals surface area contributed by atoms with Crippen LogP contribution in [0.2, 0.25) is 0 Å². The van der Waals surface area contributed by atoms with E-state index in [4.69, 9.17) is 9.47 Å². The van der Waals surface area contributed by atoms with E-state index < -0.39 is 0 Å². The lowest BCUT2D eigenvalue weighted by molar-refractivity contribution is -0.137. The Bertz CT molecular complexity index is 582. The fraction of sp³-hybridized carbons (Fsp3) is 0.188. The summed E-state index contributed by atoms with van der Waals surface area (Å²) in [5.41, 5.74) is 0. The van der Waals surface area contributed by atoms with Crippen molar-refractivity contribution >= 4 is 16.7 Å². The monoisotopic (exact) mass is 256 g/mol. The molecule has 0 saturated carbocycles. The number of carbonyl (C=O) groups excluding carboxylic acids is 1. The predicted octanol–water partition coefficient (Wildman–Crippen LogP) is 3.34. The van der Waals surface area contributed by atoms with Gasteiger partial charge < -0.3 is 9.47 Å². The second-order valence-electron chi connectivity index (χ2n) is 3.94. The molecule has 0 heterocycles. The first kappa shape index (κ1) is 13.1. The molecule has 0 aliphatic carbocycles. The van der Waals surface area contributed by atoms with E-state index in [1.54, 1.807) is 13.0 Å². The van der Waals surface area contributed by atoms with Gasteiger partial charge in [0.15, 0.2) is 0 Å². The number of benzene rings is 2. The van der Waals surface area contributed by atoms with Crippen LogP contribution in [0.5, 0.6) is 5.75 Å². The van der Waals surface area contributed by atoms with Crippen LogP contribution < -0.4 is 4.74 Å². The van der Waals surface area contributed by atoms with Crippen LogP contribution in [0.15, 0.2) is 54.6 Å². The molecular formula is C16H16O3. The van der Waals surface area contributed by atoms with Gasteiger partial charge in [0.05, 0.1) is 6.61 Å². The van der Waals surface area contributed by atoms with Gasteiger partial charge in [-0.25, -0.2) is 4.79 Å². The number of rotatable bonds is 5. The minimum absolute atomic E-state index is 0.340. The molecule has 19 heavy (non-hydrogen) atoms. The lowest BCUT2D eigenvalue weighted by atomic mass is 10.1. The van der Waals surface area contributed by atoms with E-state index in [2.05, 4.69) is 0 Å². The van der Waals surface area contributed by atoms with Gasteiger partial charge in [0.2, 0.25) is 0 Å². The molecule has 98 valence electrons. The summed E-state index contributed by atoms with van der Waals surface area (Å²) in [5, 5.41) is 2.20. The predicted molar refractivity (Wildman–Crippen MR) is 75.2 cm³/mol. The molecule has 2 aromatic rings. The van der Waals surface area contributed by atoms with E-state index in [1.165, 1.54) is 6.08 Å². The molecule has 0 saturated heterocycles. The number of hydrogen-bond donors (Lipinski definition) is 0. The van der Waals surface area contributed by atoms with Gasteiger partial charge >= 0.3 is 5.97 Å². The average Bonchev–Trinajstić information content (AvgIpc) is 2.44. The molecule has 0 atom stereocenters. The Labute approximate surface area is 112 Å². The highest BCUT2D eigenvalue weighted by atomic mass is 16.5. The summed E-state index contributed by atoms with van der Waals surface area (Å²) in [5.74, 6) is 0.468. The molecule has 0 bridgehead atoms. The molecule has 0 radical (unpaired) electrons. The molecule has 2 rings (SSSR count). The van der Waals surface area contributed by atoms with Crippen LogP contribution in [0.4, 0.5) is 0 Å². The summed E-state index contributed by atoms with van der Waals surface area (Å²) < 4.78 is 10.4. The van der Waals surface area contributed by atoms with Crippen molar-refractivity contribution < 1.29 is 14.3 Å². The van der Waals surface area contributed by atoms with Crippen molar-refractivity contribution in [3.8, 4) is 5.75 Å². The van der Waals surface area contributed by atoms with Crippen LogP contribution in [-0.2, 0) is 9.53 Å². The van der Waals surface area contributed by atoms with E-state index in [0.717, 1.165) is 16.5 Å². The summed E-state index contributed by atoms with van der Waals surface area (Å²) in [6.07, 6.45) is 3.04. The lowest BCUT2D eigenvalue weighted by Crippen LogP contribution is -2.01. The maximum Gasteiger partial charge on any atom is 0.330 e. The fourth-order valence-electron chi connectivity index (χ4n) is 1.79. The van der Waals surface area contributed by atoms with Gasteiger partial charge in [-0.2, -0.15) is 0 Å². The van der Waals surface area contributed by atoms with Crippen LogP contribution in [0.25, 0.3) is 10.8 Å². The highest BCUT2D eigenvalue weighted by Gasteiger charge is 2.00. The molecule has 0 spiro atoms. The summed E-state index contributed by atoms with van der Waals surface area (Å²) in [6.45, 7) is 2.50. The number of esters is 1. The maximum absolute atomic E-state index is 11.1. The van der Waals surface area contributed by atoms with Gasteiger partial charge in [0.25, 0.3) is 0 Å². The second kappa shape index (κ2) is 6.59. The van der Waals surface area contributed by atoms with Crippen LogP contribution in [0.1, 0.15) is 6.92 Å². The van der Waals surface area contributed by atoms with Crippen LogP contribution in [0, 0.1) is 0 Å². The first-order valence-electron chi connectivity index (χ1n) is 6.25. The molecular weight excluding hydrogens is 240 g/mol. The van der Waals surface area contributed by atoms with Gasteiger partial charge in [-0.1, -0.05) is 36.4 Å². The Morgan fingerprint density at radius 3 is 2.79 bits per heavy atom. The lowest BCUT2D eigenvalue weighted by Gasteiger charge is -2.06. The molecule has 3 nitrogen and oxygen atoms in total. The van der Waals surface area contributed by atoms with Gasteiger partial charge in [0.1, 0.15) is 12.4 Å². The highest BCUT2D eigenvalue weighted by molar-refractivity contribution is 5.88. The zero-order valence-corrected chi connectivity index (χ0v) is 10.8. The minimum Gasteiger partial charge on any atom is -0.489 e. The largest absolute Gasteiger partial charge is 0.489 e. The summed E-state index contributed by atoms with van der Waals surface area (Å²) in [4.78, 5) is 11.1. The van der Waals surface area contributed by atoms with Crippen molar-refractivity contribution in [3.63, 3.8) is 0 Å². The normalized spacial score (nSPS) is 10.8. The summed E-state index contributed by atoms with van der Waals surface area (Å²) in [6, 6.07) is 13.9. The number of fused-ring (bicyclic) bond motifs is 1. The standard InChI is InChI=1S/C16H16O3/c1-2-18-16(17)11-6-12-19-15-10-5-8-13-7-3-4-9-14(13)15/h3-11H,2,12H2,1H3/b11-6+. The molecule has 0 aliphatic heterocycles. The van der Waals surface area contributed by atoms with Crippen molar-refractivity contribution in [2.75, 3.05) is 13.2 Å². The van der Waals surface area contributed by atoms with Gasteiger partial charge in [0, 0.05) is 11.5 Å². The number of carbonyl (C=O) groups is 1. The Morgan fingerprint density at radius 1 is 1.16 bits per heavy atom. The Kier molecular flexibility index (Phi) is 4.56. The first-order valence-corrected chi connectivity index (χ1v) is 6.25. The molecule has 0 N–H and O–H groups in total. The van der Waals surface area contributed by atoms with Crippen molar-refractivity contribution in [2.24, 2.45) is 0 Å².